The average Bonchev–Trinajstić information content (AvgIpc) is 3.35. The molecule has 10 heteroatoms. The molecule has 3 amide bonds. The van der Waals surface area contributed by atoms with Gasteiger partial charge in [0.2, 0.25) is 5.13 Å². The summed E-state index contributed by atoms with van der Waals surface area (Å²) in [6.07, 6.45) is 1.39. The standard InChI is InChI=1S/C24H14BrFN4O3S/c25-15-7-10-19-20(11-15)34-24(28-19)30(27-12-14-5-8-16(26)9-6-14)21(31)13-29-22(32)17-3-1-2-4-18(17)23(29)33/h1-12H,13H2/b27-12+. The van der Waals surface area contributed by atoms with Crippen LogP contribution in [0.4, 0.5) is 9.52 Å². The third-order valence-corrected chi connectivity index (χ3v) is 6.61. The Balaban J connectivity index is 1.48. The van der Waals surface area contributed by atoms with Gasteiger partial charge in [0.1, 0.15) is 12.4 Å². The lowest BCUT2D eigenvalue weighted by Gasteiger charge is -2.18. The van der Waals surface area contributed by atoms with Gasteiger partial charge in [0.25, 0.3) is 17.7 Å². The number of aromatic nitrogens is 1. The minimum absolute atomic E-state index is 0.256. The van der Waals surface area contributed by atoms with Gasteiger partial charge in [0.15, 0.2) is 0 Å². The molecule has 0 radical (unpaired) electrons. The molecule has 0 saturated carbocycles. The molecule has 0 N–H and O–H groups in total. The summed E-state index contributed by atoms with van der Waals surface area (Å²) in [6, 6.07) is 17.5. The number of nitrogens with zero attached hydrogens (tertiary/aromatic N) is 4. The van der Waals surface area contributed by atoms with Crippen molar-refractivity contribution in [2.45, 2.75) is 0 Å². The van der Waals surface area contributed by atoms with Crippen molar-refractivity contribution in [3.63, 3.8) is 0 Å². The molecule has 1 aromatic heterocycles. The van der Waals surface area contributed by atoms with Crippen molar-refractivity contribution in [3.05, 3.63) is 93.7 Å². The van der Waals surface area contributed by atoms with E-state index in [1.54, 1.807) is 30.3 Å². The molecule has 0 fully saturated rings. The molecule has 0 aliphatic carbocycles. The van der Waals surface area contributed by atoms with E-state index in [1.807, 2.05) is 12.1 Å². The molecule has 0 bridgehead atoms. The molecular formula is C24H14BrFN4O3S. The first-order valence-electron chi connectivity index (χ1n) is 10.0. The van der Waals surface area contributed by atoms with Gasteiger partial charge in [-0.3, -0.25) is 19.3 Å². The van der Waals surface area contributed by atoms with Crippen molar-refractivity contribution in [3.8, 4) is 0 Å². The Kier molecular flexibility index (Phi) is 5.76. The highest BCUT2D eigenvalue weighted by Crippen LogP contribution is 2.31. The smallest absolute Gasteiger partial charge is 0.269 e. The van der Waals surface area contributed by atoms with Crippen LogP contribution >= 0.6 is 27.3 Å². The zero-order valence-electron chi connectivity index (χ0n) is 17.3. The Morgan fingerprint density at radius 1 is 1.06 bits per heavy atom. The molecule has 0 atom stereocenters. The Morgan fingerprint density at radius 2 is 1.74 bits per heavy atom. The summed E-state index contributed by atoms with van der Waals surface area (Å²) in [7, 11) is 0. The number of imide groups is 1. The van der Waals surface area contributed by atoms with Gasteiger partial charge in [0.05, 0.1) is 27.6 Å². The minimum atomic E-state index is -0.619. The number of hydrazone groups is 1. The first kappa shape index (κ1) is 22.1. The third-order valence-electron chi connectivity index (χ3n) is 5.12. The van der Waals surface area contributed by atoms with E-state index in [4.69, 9.17) is 0 Å². The fourth-order valence-corrected chi connectivity index (χ4v) is 4.95. The normalized spacial score (nSPS) is 13.2. The molecule has 7 nitrogen and oxygen atoms in total. The third kappa shape index (κ3) is 4.13. The number of rotatable bonds is 5. The number of carbonyl (C=O) groups is 3. The Bertz CT molecular complexity index is 1450. The van der Waals surface area contributed by atoms with Crippen molar-refractivity contribution in [2.24, 2.45) is 5.10 Å². The molecule has 168 valence electrons. The van der Waals surface area contributed by atoms with Crippen LogP contribution in [0.3, 0.4) is 0 Å². The van der Waals surface area contributed by atoms with Crippen molar-refractivity contribution >= 4 is 66.6 Å². The lowest BCUT2D eigenvalue weighted by Crippen LogP contribution is -2.41. The molecule has 0 spiro atoms. The minimum Gasteiger partial charge on any atom is -0.270 e. The number of carbonyl (C=O) groups excluding carboxylic acids is 3. The van der Waals surface area contributed by atoms with Gasteiger partial charge in [-0.25, -0.2) is 9.37 Å². The fraction of sp³-hybridized carbons (Fsp3) is 0.0417. The second-order valence-electron chi connectivity index (χ2n) is 7.35. The number of hydrogen-bond donors (Lipinski definition) is 0. The van der Waals surface area contributed by atoms with Crippen molar-refractivity contribution in [1.82, 2.24) is 9.88 Å². The monoisotopic (exact) mass is 536 g/mol. The zero-order valence-corrected chi connectivity index (χ0v) is 19.7. The Labute approximate surface area is 205 Å². The SMILES string of the molecule is O=C1c2ccccc2C(=O)N1CC(=O)N(/N=C/c1ccc(F)cc1)c1nc2ccc(Br)cc2s1. The predicted octanol–water partition coefficient (Wildman–Crippen LogP) is 4.86. The summed E-state index contributed by atoms with van der Waals surface area (Å²) >= 11 is 4.65. The number of fused-ring (bicyclic) bond motifs is 2. The van der Waals surface area contributed by atoms with Crippen molar-refractivity contribution in [2.75, 3.05) is 11.6 Å². The van der Waals surface area contributed by atoms with E-state index < -0.39 is 30.1 Å². The van der Waals surface area contributed by atoms with E-state index in [2.05, 4.69) is 26.0 Å². The lowest BCUT2D eigenvalue weighted by molar-refractivity contribution is -0.118. The van der Waals surface area contributed by atoms with E-state index >= 15 is 0 Å². The maximum atomic E-state index is 13.3. The number of benzene rings is 3. The van der Waals surface area contributed by atoms with E-state index in [0.29, 0.717) is 11.1 Å². The van der Waals surface area contributed by atoms with E-state index in [0.717, 1.165) is 19.1 Å². The van der Waals surface area contributed by atoms with Crippen LogP contribution in [0.25, 0.3) is 10.2 Å². The van der Waals surface area contributed by atoms with Gasteiger partial charge in [-0.2, -0.15) is 10.1 Å². The maximum absolute atomic E-state index is 13.3. The van der Waals surface area contributed by atoms with Gasteiger partial charge >= 0.3 is 0 Å². The first-order chi connectivity index (χ1) is 16.4. The second kappa shape index (κ2) is 8.88. The maximum Gasteiger partial charge on any atom is 0.269 e. The topological polar surface area (TPSA) is 82.9 Å². The molecular weight excluding hydrogens is 523 g/mol. The average molecular weight is 537 g/mol. The van der Waals surface area contributed by atoms with Gasteiger partial charge in [-0.05, 0) is 48.0 Å². The van der Waals surface area contributed by atoms with Crippen molar-refractivity contribution in [1.29, 1.82) is 0 Å². The number of halogens is 2. The molecule has 1 aliphatic heterocycles. The van der Waals surface area contributed by atoms with Crippen LogP contribution in [0.5, 0.6) is 0 Å². The van der Waals surface area contributed by atoms with Crippen LogP contribution in [0.1, 0.15) is 26.3 Å². The molecule has 1 aliphatic rings. The second-order valence-corrected chi connectivity index (χ2v) is 9.28. The molecule has 0 unspecified atom stereocenters. The summed E-state index contributed by atoms with van der Waals surface area (Å²) in [6.45, 7) is -0.507. The highest BCUT2D eigenvalue weighted by atomic mass is 79.9. The summed E-state index contributed by atoms with van der Waals surface area (Å²) in [4.78, 5) is 44.2. The number of amides is 3. The lowest BCUT2D eigenvalue weighted by atomic mass is 10.1. The largest absolute Gasteiger partial charge is 0.270 e. The van der Waals surface area contributed by atoms with E-state index in [1.165, 1.54) is 41.8 Å². The van der Waals surface area contributed by atoms with Crippen LogP contribution in [0, 0.1) is 5.82 Å². The Hall–Kier alpha value is -3.76. The van der Waals surface area contributed by atoms with Gasteiger partial charge < -0.3 is 0 Å². The fourth-order valence-electron chi connectivity index (χ4n) is 3.46. The van der Waals surface area contributed by atoms with E-state index in [9.17, 15) is 18.8 Å². The van der Waals surface area contributed by atoms with Gasteiger partial charge in [-0.15, -0.1) is 0 Å². The van der Waals surface area contributed by atoms with E-state index in [-0.39, 0.29) is 16.3 Å². The van der Waals surface area contributed by atoms with Gasteiger partial charge in [0, 0.05) is 4.47 Å². The highest BCUT2D eigenvalue weighted by molar-refractivity contribution is 9.10. The summed E-state index contributed by atoms with van der Waals surface area (Å²) in [5.74, 6) is -2.09. The molecule has 2 heterocycles. The molecule has 5 rings (SSSR count). The number of thiazole rings is 1. The van der Waals surface area contributed by atoms with Crippen LogP contribution in [-0.4, -0.2) is 40.4 Å². The summed E-state index contributed by atoms with van der Waals surface area (Å²) in [5.41, 5.74) is 1.74. The predicted molar refractivity (Wildman–Crippen MR) is 131 cm³/mol. The highest BCUT2D eigenvalue weighted by Gasteiger charge is 2.37. The molecule has 34 heavy (non-hydrogen) atoms. The number of hydrogen-bond acceptors (Lipinski definition) is 6. The Morgan fingerprint density at radius 3 is 2.41 bits per heavy atom. The molecule has 4 aromatic rings. The van der Waals surface area contributed by atoms with Crippen LogP contribution < -0.4 is 5.01 Å². The molecule has 3 aromatic carbocycles. The van der Waals surface area contributed by atoms with Crippen LogP contribution in [0.15, 0.2) is 76.3 Å². The number of anilines is 1. The van der Waals surface area contributed by atoms with Crippen molar-refractivity contribution < 1.29 is 18.8 Å². The summed E-state index contributed by atoms with van der Waals surface area (Å²) < 4.78 is 14.9. The quantitative estimate of drug-likeness (QED) is 0.207. The zero-order chi connectivity index (χ0) is 23.8. The van der Waals surface area contributed by atoms with Gasteiger partial charge in [-0.1, -0.05) is 51.5 Å². The van der Waals surface area contributed by atoms with Crippen LogP contribution in [-0.2, 0) is 4.79 Å². The van der Waals surface area contributed by atoms with Crippen LogP contribution in [0.2, 0.25) is 0 Å². The first-order valence-corrected chi connectivity index (χ1v) is 11.7. The molecule has 0 saturated heterocycles. The summed E-state index contributed by atoms with van der Waals surface area (Å²) in [5, 5.41) is 5.61.